The third kappa shape index (κ3) is 3.16. The van der Waals surface area contributed by atoms with Crippen molar-refractivity contribution in [2.45, 2.75) is 31.2 Å². The number of aryl methyl sites for hydroxylation is 2. The van der Waals surface area contributed by atoms with Crippen LogP contribution in [0.15, 0.2) is 11.2 Å². The number of rotatable bonds is 5. The first-order valence-corrected chi connectivity index (χ1v) is 8.03. The molecule has 7 heteroatoms. The largest absolute Gasteiger partial charge is 0.396 e. The first-order chi connectivity index (χ1) is 8.94. The van der Waals surface area contributed by atoms with Crippen LogP contribution in [0.25, 0.3) is 0 Å². The van der Waals surface area contributed by atoms with Crippen LogP contribution in [0.1, 0.15) is 25.1 Å². The summed E-state index contributed by atoms with van der Waals surface area (Å²) < 4.78 is 28.5. The lowest BCUT2D eigenvalue weighted by molar-refractivity contribution is 0.195. The maximum absolute atomic E-state index is 12.1. The molecule has 1 aromatic rings. The Morgan fingerprint density at radius 1 is 1.47 bits per heavy atom. The van der Waals surface area contributed by atoms with Crippen molar-refractivity contribution < 1.29 is 13.5 Å². The molecule has 0 aliphatic heterocycles. The number of aromatic nitrogens is 2. The van der Waals surface area contributed by atoms with Crippen LogP contribution in [0.4, 0.5) is 0 Å². The number of imidazole rings is 1. The highest BCUT2D eigenvalue weighted by Gasteiger charge is 2.28. The first-order valence-electron chi connectivity index (χ1n) is 6.54. The SMILES string of the molecule is Cc1nc(S(=O)(=O)NCC2CCCC2CO)cn1C. The predicted octanol–water partition coefficient (Wildman–Crippen LogP) is 0.415. The van der Waals surface area contributed by atoms with Gasteiger partial charge in [0.05, 0.1) is 0 Å². The lowest BCUT2D eigenvalue weighted by Crippen LogP contribution is -2.32. The molecule has 1 aromatic heterocycles. The van der Waals surface area contributed by atoms with Crippen LogP contribution in [0.5, 0.6) is 0 Å². The monoisotopic (exact) mass is 287 g/mol. The van der Waals surface area contributed by atoms with Crippen molar-refractivity contribution in [2.24, 2.45) is 18.9 Å². The molecule has 2 atom stereocenters. The Balaban J connectivity index is 2.02. The number of nitrogens with one attached hydrogen (secondary N) is 1. The first kappa shape index (κ1) is 14.5. The number of nitrogens with zero attached hydrogens (tertiary/aromatic N) is 2. The maximum Gasteiger partial charge on any atom is 0.259 e. The zero-order chi connectivity index (χ0) is 14.0. The van der Waals surface area contributed by atoms with Gasteiger partial charge >= 0.3 is 0 Å². The zero-order valence-electron chi connectivity index (χ0n) is 11.3. The van der Waals surface area contributed by atoms with Gasteiger partial charge in [0.2, 0.25) is 0 Å². The van der Waals surface area contributed by atoms with Crippen molar-refractivity contribution >= 4 is 10.0 Å². The van der Waals surface area contributed by atoms with Gasteiger partial charge in [0.15, 0.2) is 5.03 Å². The van der Waals surface area contributed by atoms with Gasteiger partial charge in [-0.15, -0.1) is 0 Å². The Bertz CT molecular complexity index is 519. The molecule has 2 unspecified atom stereocenters. The molecular formula is C12H21N3O3S. The van der Waals surface area contributed by atoms with Crippen LogP contribution >= 0.6 is 0 Å². The Kier molecular flexibility index (Phi) is 4.27. The highest BCUT2D eigenvalue weighted by atomic mass is 32.2. The molecule has 2 N–H and O–H groups in total. The van der Waals surface area contributed by atoms with Gasteiger partial charge in [0.25, 0.3) is 10.0 Å². The minimum absolute atomic E-state index is 0.0612. The van der Waals surface area contributed by atoms with E-state index in [2.05, 4.69) is 9.71 Å². The summed E-state index contributed by atoms with van der Waals surface area (Å²) in [5, 5.41) is 9.29. The Morgan fingerprint density at radius 2 is 2.16 bits per heavy atom. The van der Waals surface area contributed by atoms with E-state index in [4.69, 9.17) is 0 Å². The van der Waals surface area contributed by atoms with Crippen LogP contribution in [-0.4, -0.2) is 36.2 Å². The van der Waals surface area contributed by atoms with Crippen molar-refractivity contribution in [2.75, 3.05) is 13.2 Å². The van der Waals surface area contributed by atoms with Crippen LogP contribution in [0.3, 0.4) is 0 Å². The molecule has 2 rings (SSSR count). The molecule has 108 valence electrons. The van der Waals surface area contributed by atoms with Crippen molar-refractivity contribution in [1.82, 2.24) is 14.3 Å². The molecule has 0 saturated heterocycles. The van der Waals surface area contributed by atoms with E-state index in [0.717, 1.165) is 19.3 Å². The highest BCUT2D eigenvalue weighted by molar-refractivity contribution is 7.89. The summed E-state index contributed by atoms with van der Waals surface area (Å²) in [5.41, 5.74) is 0. The molecule has 1 saturated carbocycles. The molecule has 0 spiro atoms. The van der Waals surface area contributed by atoms with Crippen LogP contribution in [0, 0.1) is 18.8 Å². The minimum Gasteiger partial charge on any atom is -0.396 e. The van der Waals surface area contributed by atoms with E-state index < -0.39 is 10.0 Å². The molecule has 19 heavy (non-hydrogen) atoms. The highest BCUT2D eigenvalue weighted by Crippen LogP contribution is 2.30. The summed E-state index contributed by atoms with van der Waals surface area (Å²) in [6, 6.07) is 0. The van der Waals surface area contributed by atoms with Crippen molar-refractivity contribution in [1.29, 1.82) is 0 Å². The lowest BCUT2D eigenvalue weighted by Gasteiger charge is -2.17. The Morgan fingerprint density at radius 3 is 2.74 bits per heavy atom. The summed E-state index contributed by atoms with van der Waals surface area (Å²) >= 11 is 0. The van der Waals surface area contributed by atoms with Crippen molar-refractivity contribution in [3.05, 3.63) is 12.0 Å². The fourth-order valence-electron chi connectivity index (χ4n) is 2.57. The standard InChI is InChI=1S/C12H21N3O3S/c1-9-14-12(7-15(9)2)19(17,18)13-6-10-4-3-5-11(10)8-16/h7,10-11,13,16H,3-6,8H2,1-2H3. The summed E-state index contributed by atoms with van der Waals surface area (Å²) in [4.78, 5) is 4.03. The smallest absolute Gasteiger partial charge is 0.259 e. The Labute approximate surface area is 113 Å². The molecule has 0 radical (unpaired) electrons. The second-order valence-electron chi connectivity index (χ2n) is 5.22. The van der Waals surface area contributed by atoms with Crippen LogP contribution in [0.2, 0.25) is 0 Å². The van der Waals surface area contributed by atoms with E-state index in [1.54, 1.807) is 18.5 Å². The molecule has 1 aliphatic rings. The molecule has 1 fully saturated rings. The normalized spacial score (nSPS) is 23.9. The number of sulfonamides is 1. The molecular weight excluding hydrogens is 266 g/mol. The Hall–Kier alpha value is -0.920. The molecule has 0 aromatic carbocycles. The van der Waals surface area contributed by atoms with Gasteiger partial charge in [-0.2, -0.15) is 0 Å². The molecule has 1 aliphatic carbocycles. The zero-order valence-corrected chi connectivity index (χ0v) is 12.2. The lowest BCUT2D eigenvalue weighted by atomic mass is 9.97. The van der Waals surface area contributed by atoms with E-state index in [0.29, 0.717) is 12.4 Å². The van der Waals surface area contributed by atoms with Crippen molar-refractivity contribution in [3.8, 4) is 0 Å². The van der Waals surface area contributed by atoms with E-state index >= 15 is 0 Å². The van der Waals surface area contributed by atoms with Gasteiger partial charge in [0.1, 0.15) is 5.82 Å². The fourth-order valence-corrected chi connectivity index (χ4v) is 3.70. The van der Waals surface area contributed by atoms with Crippen LogP contribution in [-0.2, 0) is 17.1 Å². The number of aliphatic hydroxyl groups excluding tert-OH is 1. The van der Waals surface area contributed by atoms with Gasteiger partial charge in [0, 0.05) is 26.4 Å². The van der Waals surface area contributed by atoms with Gasteiger partial charge in [-0.1, -0.05) is 6.42 Å². The fraction of sp³-hybridized carbons (Fsp3) is 0.750. The topological polar surface area (TPSA) is 84.2 Å². The van der Waals surface area contributed by atoms with Crippen molar-refractivity contribution in [3.63, 3.8) is 0 Å². The average Bonchev–Trinajstić information content (AvgIpc) is 2.94. The second kappa shape index (κ2) is 5.60. The molecule has 1 heterocycles. The van der Waals surface area contributed by atoms with Gasteiger partial charge in [-0.3, -0.25) is 0 Å². The molecule has 6 nitrogen and oxygen atoms in total. The predicted molar refractivity (Wildman–Crippen MR) is 71.1 cm³/mol. The summed E-state index contributed by atoms with van der Waals surface area (Å²) in [7, 11) is -1.78. The summed E-state index contributed by atoms with van der Waals surface area (Å²) in [6.45, 7) is 2.27. The van der Waals surface area contributed by atoms with E-state index in [9.17, 15) is 13.5 Å². The van der Waals surface area contributed by atoms with Gasteiger partial charge in [-0.25, -0.2) is 18.1 Å². The number of hydrogen-bond donors (Lipinski definition) is 2. The molecule has 0 amide bonds. The summed E-state index contributed by atoms with van der Waals surface area (Å²) in [6.07, 6.45) is 4.51. The number of hydrogen-bond acceptors (Lipinski definition) is 4. The third-order valence-electron chi connectivity index (χ3n) is 3.95. The average molecular weight is 287 g/mol. The van der Waals surface area contributed by atoms with E-state index in [1.807, 2.05) is 0 Å². The van der Waals surface area contributed by atoms with Crippen LogP contribution < -0.4 is 4.72 Å². The third-order valence-corrected chi connectivity index (χ3v) is 5.24. The van der Waals surface area contributed by atoms with E-state index in [-0.39, 0.29) is 23.5 Å². The van der Waals surface area contributed by atoms with Gasteiger partial charge < -0.3 is 9.67 Å². The molecule has 0 bridgehead atoms. The second-order valence-corrected chi connectivity index (χ2v) is 6.94. The minimum atomic E-state index is -3.54. The van der Waals surface area contributed by atoms with Gasteiger partial charge in [-0.05, 0) is 31.6 Å². The van der Waals surface area contributed by atoms with E-state index in [1.165, 1.54) is 6.20 Å². The maximum atomic E-state index is 12.1. The number of aliphatic hydroxyl groups is 1. The quantitative estimate of drug-likeness (QED) is 0.822. The summed E-state index contributed by atoms with van der Waals surface area (Å²) in [5.74, 6) is 1.10.